The standard InChI is InChI=1S/C26H31F3N6O/c1-34-13-20-8-17(2-3-23(20)33-34)24-11-22(26(27,28)29)25(32-31-24)30-21-9-18-14-35(15-19(18)10-21)12-16-4-6-36-7-5-16/h2-3,8,11,13,16,18-19,21H,4-7,9-10,12,14-15H2,1H3,(H,30,32)/t18-,19+,21?. The molecule has 2 aliphatic heterocycles. The molecule has 3 aliphatic rings. The molecule has 0 radical (unpaired) electrons. The average Bonchev–Trinajstić information content (AvgIpc) is 3.50. The van der Waals surface area contributed by atoms with Crippen LogP contribution < -0.4 is 5.32 Å². The van der Waals surface area contributed by atoms with Crippen LogP contribution >= 0.6 is 0 Å². The van der Waals surface area contributed by atoms with Crippen molar-refractivity contribution in [3.05, 3.63) is 36.0 Å². The van der Waals surface area contributed by atoms with Crippen LogP contribution in [0.3, 0.4) is 0 Å². The highest BCUT2D eigenvalue weighted by Gasteiger charge is 2.43. The number of aryl methyl sites for hydroxylation is 1. The number of benzene rings is 1. The number of alkyl halides is 3. The Morgan fingerprint density at radius 1 is 1.06 bits per heavy atom. The number of hydrogen-bond donors (Lipinski definition) is 1. The fourth-order valence-electron chi connectivity index (χ4n) is 6.32. The summed E-state index contributed by atoms with van der Waals surface area (Å²) in [6.07, 6.45) is 1.29. The number of anilines is 1. The van der Waals surface area contributed by atoms with Crippen molar-refractivity contribution in [2.75, 3.05) is 38.2 Å². The summed E-state index contributed by atoms with van der Waals surface area (Å²) in [5.74, 6) is 1.58. The summed E-state index contributed by atoms with van der Waals surface area (Å²) in [7, 11) is 1.81. The Balaban J connectivity index is 1.15. The second-order valence-electron chi connectivity index (χ2n) is 10.7. The number of likely N-dealkylation sites (tertiary alicyclic amines) is 1. The SMILES string of the molecule is Cn1cc2cc(-c3cc(C(F)(F)F)c(NC4C[C@@H]5CN(CC6CCOCC6)C[C@@H]5C4)nn3)ccc2n1. The maximum Gasteiger partial charge on any atom is 0.420 e. The van der Waals surface area contributed by atoms with E-state index in [1.807, 2.05) is 13.2 Å². The van der Waals surface area contributed by atoms with Crippen LogP contribution in [0.25, 0.3) is 22.2 Å². The zero-order valence-corrected chi connectivity index (χ0v) is 20.3. The molecule has 2 saturated heterocycles. The fourth-order valence-corrected chi connectivity index (χ4v) is 6.32. The molecule has 0 amide bonds. The molecule has 3 aromatic rings. The lowest BCUT2D eigenvalue weighted by atomic mass is 10.00. The molecule has 1 N–H and O–H groups in total. The highest BCUT2D eigenvalue weighted by molar-refractivity contribution is 5.83. The first-order valence-electron chi connectivity index (χ1n) is 12.8. The predicted octanol–water partition coefficient (Wildman–Crippen LogP) is 4.60. The highest BCUT2D eigenvalue weighted by atomic mass is 19.4. The molecule has 4 heterocycles. The molecular weight excluding hydrogens is 469 g/mol. The summed E-state index contributed by atoms with van der Waals surface area (Å²) < 4.78 is 49.3. The van der Waals surface area contributed by atoms with Crippen molar-refractivity contribution >= 4 is 16.7 Å². The number of ether oxygens (including phenoxy) is 1. The Kier molecular flexibility index (Phi) is 6.11. The van der Waals surface area contributed by atoms with Crippen molar-refractivity contribution < 1.29 is 17.9 Å². The molecule has 1 aliphatic carbocycles. The molecule has 10 heteroatoms. The molecule has 6 rings (SSSR count). The van der Waals surface area contributed by atoms with Crippen molar-refractivity contribution in [2.24, 2.45) is 24.8 Å². The van der Waals surface area contributed by atoms with E-state index in [-0.39, 0.29) is 17.6 Å². The average molecular weight is 501 g/mol. The number of halogens is 3. The van der Waals surface area contributed by atoms with Crippen molar-refractivity contribution in [2.45, 2.75) is 37.9 Å². The maximum absolute atomic E-state index is 14.0. The van der Waals surface area contributed by atoms with Crippen molar-refractivity contribution in [3.8, 4) is 11.3 Å². The summed E-state index contributed by atoms with van der Waals surface area (Å²) in [5.41, 5.74) is 0.796. The Labute approximate surface area is 208 Å². The first-order valence-corrected chi connectivity index (χ1v) is 12.8. The Hall–Kier alpha value is -2.72. The van der Waals surface area contributed by atoms with Gasteiger partial charge in [-0.25, -0.2) is 0 Å². The largest absolute Gasteiger partial charge is 0.420 e. The summed E-state index contributed by atoms with van der Waals surface area (Å²) >= 11 is 0. The van der Waals surface area contributed by atoms with Crippen molar-refractivity contribution in [3.63, 3.8) is 0 Å². The lowest BCUT2D eigenvalue weighted by molar-refractivity contribution is -0.137. The third-order valence-corrected chi connectivity index (χ3v) is 8.04. The Morgan fingerprint density at radius 3 is 2.53 bits per heavy atom. The van der Waals surface area contributed by atoms with Gasteiger partial charge in [0.05, 0.1) is 11.2 Å². The van der Waals surface area contributed by atoms with Gasteiger partial charge in [0, 0.05) is 63.1 Å². The molecule has 1 aromatic carbocycles. The van der Waals surface area contributed by atoms with Gasteiger partial charge >= 0.3 is 6.18 Å². The minimum atomic E-state index is -4.53. The lowest BCUT2D eigenvalue weighted by Crippen LogP contribution is -2.32. The van der Waals surface area contributed by atoms with E-state index in [0.29, 0.717) is 23.3 Å². The third kappa shape index (κ3) is 4.80. The first-order chi connectivity index (χ1) is 17.3. The van der Waals surface area contributed by atoms with Gasteiger partial charge in [0.1, 0.15) is 5.56 Å². The quantitative estimate of drug-likeness (QED) is 0.553. The van der Waals surface area contributed by atoms with E-state index in [0.717, 1.165) is 75.5 Å². The lowest BCUT2D eigenvalue weighted by Gasteiger charge is -2.28. The van der Waals surface area contributed by atoms with Gasteiger partial charge < -0.3 is 15.0 Å². The predicted molar refractivity (Wildman–Crippen MR) is 130 cm³/mol. The van der Waals surface area contributed by atoms with Crippen molar-refractivity contribution in [1.82, 2.24) is 24.9 Å². The van der Waals surface area contributed by atoms with Crippen LogP contribution in [0.1, 0.15) is 31.2 Å². The van der Waals surface area contributed by atoms with Gasteiger partial charge in [0.15, 0.2) is 5.82 Å². The van der Waals surface area contributed by atoms with E-state index in [1.165, 1.54) is 0 Å². The van der Waals surface area contributed by atoms with E-state index in [2.05, 4.69) is 25.5 Å². The molecule has 3 fully saturated rings. The highest BCUT2D eigenvalue weighted by Crippen LogP contribution is 2.42. The van der Waals surface area contributed by atoms with Crippen LogP contribution in [0.15, 0.2) is 30.5 Å². The molecule has 36 heavy (non-hydrogen) atoms. The normalized spacial score (nSPS) is 25.5. The summed E-state index contributed by atoms with van der Waals surface area (Å²) in [6, 6.07) is 6.41. The van der Waals surface area contributed by atoms with Gasteiger partial charge in [-0.2, -0.15) is 18.3 Å². The zero-order valence-electron chi connectivity index (χ0n) is 20.3. The van der Waals surface area contributed by atoms with E-state index >= 15 is 0 Å². The molecular formula is C26H31F3N6O. The second-order valence-corrected chi connectivity index (χ2v) is 10.7. The van der Waals surface area contributed by atoms with E-state index in [1.54, 1.807) is 22.9 Å². The number of nitrogens with one attached hydrogen (secondary N) is 1. The molecule has 1 unspecified atom stereocenters. The van der Waals surface area contributed by atoms with E-state index in [9.17, 15) is 13.2 Å². The molecule has 0 bridgehead atoms. The Morgan fingerprint density at radius 2 is 1.81 bits per heavy atom. The minimum Gasteiger partial charge on any atom is -0.381 e. The number of rotatable bonds is 5. The molecule has 2 aromatic heterocycles. The molecule has 1 saturated carbocycles. The molecule has 192 valence electrons. The smallest absolute Gasteiger partial charge is 0.381 e. The summed E-state index contributed by atoms with van der Waals surface area (Å²) in [5, 5.41) is 16.5. The van der Waals surface area contributed by atoms with Crippen LogP contribution in [0.5, 0.6) is 0 Å². The summed E-state index contributed by atoms with van der Waals surface area (Å²) in [6.45, 7) is 4.90. The fraction of sp³-hybridized carbons (Fsp3) is 0.577. The molecule has 7 nitrogen and oxygen atoms in total. The minimum absolute atomic E-state index is 0.0155. The van der Waals surface area contributed by atoms with Crippen LogP contribution in [-0.4, -0.2) is 63.8 Å². The second kappa shape index (κ2) is 9.30. The summed E-state index contributed by atoms with van der Waals surface area (Å²) in [4.78, 5) is 2.55. The number of aromatic nitrogens is 4. The topological polar surface area (TPSA) is 68.1 Å². The van der Waals surface area contributed by atoms with Gasteiger partial charge in [-0.15, -0.1) is 10.2 Å². The van der Waals surface area contributed by atoms with Crippen LogP contribution in [-0.2, 0) is 18.0 Å². The first kappa shape index (κ1) is 23.7. The number of nitrogens with zero attached hydrogens (tertiary/aromatic N) is 5. The van der Waals surface area contributed by atoms with Crippen LogP contribution in [0.4, 0.5) is 19.0 Å². The molecule has 0 spiro atoms. The molecule has 3 atom stereocenters. The third-order valence-electron chi connectivity index (χ3n) is 8.04. The van der Waals surface area contributed by atoms with Crippen LogP contribution in [0.2, 0.25) is 0 Å². The van der Waals surface area contributed by atoms with Crippen LogP contribution in [0, 0.1) is 17.8 Å². The van der Waals surface area contributed by atoms with Gasteiger partial charge in [-0.3, -0.25) is 4.68 Å². The number of fused-ring (bicyclic) bond motifs is 2. The Bertz CT molecular complexity index is 1220. The van der Waals surface area contributed by atoms with E-state index in [4.69, 9.17) is 4.74 Å². The van der Waals surface area contributed by atoms with Crippen molar-refractivity contribution in [1.29, 1.82) is 0 Å². The van der Waals surface area contributed by atoms with E-state index < -0.39 is 11.7 Å². The zero-order chi connectivity index (χ0) is 24.9. The monoisotopic (exact) mass is 500 g/mol. The van der Waals surface area contributed by atoms with Gasteiger partial charge in [0.25, 0.3) is 0 Å². The number of hydrogen-bond acceptors (Lipinski definition) is 6. The maximum atomic E-state index is 14.0. The van der Waals surface area contributed by atoms with Gasteiger partial charge in [0.2, 0.25) is 0 Å². The van der Waals surface area contributed by atoms with Gasteiger partial charge in [-0.05, 0) is 61.6 Å². The van der Waals surface area contributed by atoms with Gasteiger partial charge in [-0.1, -0.05) is 6.07 Å².